The molecule has 0 bridgehead atoms. The molecule has 8 nitrogen and oxygen atoms in total. The van der Waals surface area contributed by atoms with Crippen molar-refractivity contribution >= 4 is 34.7 Å². The molecule has 0 spiro atoms. The van der Waals surface area contributed by atoms with Gasteiger partial charge < -0.3 is 25.8 Å². The molecule has 1 aromatic heterocycles. The standard InChI is InChI=1S/C22H25N5O3/c1-14(2)12-30-22(28)15-7-9-16(10-8-15)26-20-19(23)21(25-13-24-20)27-17-5-4-6-18(11-17)29-3/h4-11,13-14H,12,23H2,1-3H3,(H2,24,25,26,27). The number of benzene rings is 2. The number of carbonyl (C=O) groups is 1. The van der Waals surface area contributed by atoms with E-state index in [-0.39, 0.29) is 11.9 Å². The minimum atomic E-state index is -0.346. The van der Waals surface area contributed by atoms with Crippen LogP contribution < -0.4 is 21.1 Å². The van der Waals surface area contributed by atoms with E-state index in [4.69, 9.17) is 15.2 Å². The molecule has 30 heavy (non-hydrogen) atoms. The number of anilines is 5. The van der Waals surface area contributed by atoms with Crippen LogP contribution in [-0.4, -0.2) is 29.7 Å². The molecule has 1 heterocycles. The Hall–Kier alpha value is -3.81. The molecule has 0 aliphatic heterocycles. The highest BCUT2D eigenvalue weighted by Gasteiger charge is 2.11. The zero-order valence-corrected chi connectivity index (χ0v) is 17.2. The third-order valence-corrected chi connectivity index (χ3v) is 4.15. The molecule has 0 radical (unpaired) electrons. The smallest absolute Gasteiger partial charge is 0.338 e. The van der Waals surface area contributed by atoms with Crippen molar-refractivity contribution in [3.8, 4) is 5.75 Å². The number of methoxy groups -OCH3 is 1. The number of nitrogens with one attached hydrogen (secondary N) is 2. The van der Waals surface area contributed by atoms with Gasteiger partial charge in [0.1, 0.15) is 17.8 Å². The van der Waals surface area contributed by atoms with Gasteiger partial charge in [0, 0.05) is 17.4 Å². The lowest BCUT2D eigenvalue weighted by atomic mass is 10.2. The van der Waals surface area contributed by atoms with E-state index in [0.717, 1.165) is 17.1 Å². The fourth-order valence-corrected chi connectivity index (χ4v) is 2.58. The summed E-state index contributed by atoms with van der Waals surface area (Å²) in [4.78, 5) is 20.5. The van der Waals surface area contributed by atoms with Gasteiger partial charge in [0.05, 0.1) is 19.3 Å². The van der Waals surface area contributed by atoms with Crippen molar-refractivity contribution in [1.82, 2.24) is 9.97 Å². The molecular formula is C22H25N5O3. The van der Waals surface area contributed by atoms with Crippen LogP contribution in [0.3, 0.4) is 0 Å². The van der Waals surface area contributed by atoms with Gasteiger partial charge in [-0.05, 0) is 42.3 Å². The van der Waals surface area contributed by atoms with Gasteiger partial charge in [-0.25, -0.2) is 14.8 Å². The van der Waals surface area contributed by atoms with Crippen LogP contribution in [0, 0.1) is 5.92 Å². The molecule has 2 aromatic carbocycles. The Labute approximate surface area is 175 Å². The van der Waals surface area contributed by atoms with E-state index in [1.54, 1.807) is 31.4 Å². The second-order valence-corrected chi connectivity index (χ2v) is 7.04. The number of aromatic nitrogens is 2. The van der Waals surface area contributed by atoms with Gasteiger partial charge >= 0.3 is 5.97 Å². The summed E-state index contributed by atoms with van der Waals surface area (Å²) >= 11 is 0. The van der Waals surface area contributed by atoms with E-state index >= 15 is 0 Å². The Balaban J connectivity index is 1.71. The van der Waals surface area contributed by atoms with E-state index in [1.807, 2.05) is 38.1 Å². The van der Waals surface area contributed by atoms with Gasteiger partial charge in [-0.2, -0.15) is 0 Å². The summed E-state index contributed by atoms with van der Waals surface area (Å²) in [5.74, 6) is 1.58. The van der Waals surface area contributed by atoms with Crippen LogP contribution in [0.5, 0.6) is 5.75 Å². The minimum absolute atomic E-state index is 0.287. The lowest BCUT2D eigenvalue weighted by Crippen LogP contribution is -2.10. The molecular weight excluding hydrogens is 382 g/mol. The third-order valence-electron chi connectivity index (χ3n) is 4.15. The van der Waals surface area contributed by atoms with Crippen molar-refractivity contribution in [3.63, 3.8) is 0 Å². The Morgan fingerprint density at radius 2 is 1.70 bits per heavy atom. The Bertz CT molecular complexity index is 1010. The average molecular weight is 407 g/mol. The highest BCUT2D eigenvalue weighted by atomic mass is 16.5. The van der Waals surface area contributed by atoms with Gasteiger partial charge in [0.15, 0.2) is 11.6 Å². The summed E-state index contributed by atoms with van der Waals surface area (Å²) in [6.07, 6.45) is 1.42. The minimum Gasteiger partial charge on any atom is -0.497 e. The lowest BCUT2D eigenvalue weighted by Gasteiger charge is -2.13. The maximum atomic E-state index is 12.0. The molecule has 0 saturated carbocycles. The van der Waals surface area contributed by atoms with Crippen molar-refractivity contribution in [2.24, 2.45) is 5.92 Å². The molecule has 4 N–H and O–H groups in total. The Kier molecular flexibility index (Phi) is 6.69. The zero-order valence-electron chi connectivity index (χ0n) is 17.2. The molecule has 156 valence electrons. The van der Waals surface area contributed by atoms with Gasteiger partial charge in [0.25, 0.3) is 0 Å². The number of ether oxygens (including phenoxy) is 2. The first-order valence-electron chi connectivity index (χ1n) is 9.52. The Morgan fingerprint density at radius 3 is 2.33 bits per heavy atom. The maximum absolute atomic E-state index is 12.0. The molecule has 8 heteroatoms. The number of esters is 1. The summed E-state index contributed by atoms with van der Waals surface area (Å²) in [5, 5.41) is 6.31. The van der Waals surface area contributed by atoms with Crippen LogP contribution in [0.4, 0.5) is 28.7 Å². The average Bonchev–Trinajstić information content (AvgIpc) is 2.75. The number of rotatable bonds is 8. The van der Waals surface area contributed by atoms with Crippen LogP contribution in [0.15, 0.2) is 54.9 Å². The molecule has 3 aromatic rings. The number of nitrogens with zero attached hydrogens (tertiary/aromatic N) is 2. The van der Waals surface area contributed by atoms with Crippen LogP contribution in [0.25, 0.3) is 0 Å². The van der Waals surface area contributed by atoms with Crippen molar-refractivity contribution in [3.05, 3.63) is 60.4 Å². The van der Waals surface area contributed by atoms with E-state index in [9.17, 15) is 4.79 Å². The van der Waals surface area contributed by atoms with Crippen molar-refractivity contribution < 1.29 is 14.3 Å². The van der Waals surface area contributed by atoms with Gasteiger partial charge in [-0.1, -0.05) is 19.9 Å². The van der Waals surface area contributed by atoms with Gasteiger partial charge in [-0.3, -0.25) is 0 Å². The third kappa shape index (κ3) is 5.38. The van der Waals surface area contributed by atoms with E-state index in [0.29, 0.717) is 29.5 Å². The molecule has 3 rings (SSSR count). The summed E-state index contributed by atoms with van der Waals surface area (Å²) in [5.41, 5.74) is 8.60. The highest BCUT2D eigenvalue weighted by molar-refractivity contribution is 5.90. The molecule has 0 atom stereocenters. The number of nitrogen functional groups attached to an aromatic ring is 1. The largest absolute Gasteiger partial charge is 0.497 e. The summed E-state index contributed by atoms with van der Waals surface area (Å²) in [7, 11) is 1.61. The summed E-state index contributed by atoms with van der Waals surface area (Å²) in [6.45, 7) is 4.37. The SMILES string of the molecule is COc1cccc(Nc2ncnc(Nc3ccc(C(=O)OCC(C)C)cc3)c2N)c1. The van der Waals surface area contributed by atoms with Crippen molar-refractivity contribution in [2.45, 2.75) is 13.8 Å². The fourth-order valence-electron chi connectivity index (χ4n) is 2.58. The summed E-state index contributed by atoms with van der Waals surface area (Å²) in [6, 6.07) is 14.4. The van der Waals surface area contributed by atoms with Gasteiger partial charge in [-0.15, -0.1) is 0 Å². The topological polar surface area (TPSA) is 111 Å². The fraction of sp³-hybridized carbons (Fsp3) is 0.227. The van der Waals surface area contributed by atoms with E-state index in [1.165, 1.54) is 6.33 Å². The molecule has 0 amide bonds. The first kappa shape index (κ1) is 20.9. The lowest BCUT2D eigenvalue weighted by molar-refractivity contribution is 0.0459. The van der Waals surface area contributed by atoms with E-state index < -0.39 is 0 Å². The summed E-state index contributed by atoms with van der Waals surface area (Å²) < 4.78 is 10.5. The normalized spacial score (nSPS) is 10.5. The molecule has 0 fully saturated rings. The Morgan fingerprint density at radius 1 is 1.03 bits per heavy atom. The predicted molar refractivity (Wildman–Crippen MR) is 118 cm³/mol. The van der Waals surface area contributed by atoms with Gasteiger partial charge in [0.2, 0.25) is 0 Å². The van der Waals surface area contributed by atoms with Crippen LogP contribution in [0.2, 0.25) is 0 Å². The van der Waals surface area contributed by atoms with Crippen molar-refractivity contribution in [1.29, 1.82) is 0 Å². The highest BCUT2D eigenvalue weighted by Crippen LogP contribution is 2.29. The predicted octanol–water partition coefficient (Wildman–Crippen LogP) is 4.37. The first-order valence-corrected chi connectivity index (χ1v) is 9.52. The molecule has 0 unspecified atom stereocenters. The quantitative estimate of drug-likeness (QED) is 0.472. The number of nitrogens with two attached hydrogens (primary N) is 1. The zero-order chi connectivity index (χ0) is 21.5. The number of carbonyl (C=O) groups excluding carboxylic acids is 1. The first-order chi connectivity index (χ1) is 14.5. The monoisotopic (exact) mass is 407 g/mol. The van der Waals surface area contributed by atoms with Crippen LogP contribution in [0.1, 0.15) is 24.2 Å². The van der Waals surface area contributed by atoms with Crippen LogP contribution in [-0.2, 0) is 4.74 Å². The molecule has 0 saturated heterocycles. The van der Waals surface area contributed by atoms with E-state index in [2.05, 4.69) is 20.6 Å². The second-order valence-electron chi connectivity index (χ2n) is 7.04. The number of hydrogen-bond donors (Lipinski definition) is 3. The molecule has 0 aliphatic carbocycles. The van der Waals surface area contributed by atoms with Crippen molar-refractivity contribution in [2.75, 3.05) is 30.1 Å². The second kappa shape index (κ2) is 9.60. The maximum Gasteiger partial charge on any atom is 0.338 e. The van der Waals surface area contributed by atoms with Crippen LogP contribution >= 0.6 is 0 Å². The molecule has 0 aliphatic rings. The number of hydrogen-bond acceptors (Lipinski definition) is 8.